The van der Waals surface area contributed by atoms with Crippen LogP contribution in [-0.4, -0.2) is 61.9 Å². The van der Waals surface area contributed by atoms with Gasteiger partial charge in [-0.3, -0.25) is 23.4 Å². The fourth-order valence-corrected chi connectivity index (χ4v) is 5.52. The van der Waals surface area contributed by atoms with Crippen molar-refractivity contribution in [3.63, 3.8) is 0 Å². The van der Waals surface area contributed by atoms with Crippen LogP contribution in [0.5, 0.6) is 0 Å². The molecule has 1 aliphatic heterocycles. The maximum Gasteiger partial charge on any atom is 0.263 e. The highest BCUT2D eigenvalue weighted by atomic mass is 35.5. The highest BCUT2D eigenvalue weighted by molar-refractivity contribution is 6.30. The molecule has 10 heteroatoms. The molecule has 1 amide bonds. The van der Waals surface area contributed by atoms with Crippen molar-refractivity contribution in [2.24, 2.45) is 0 Å². The van der Waals surface area contributed by atoms with E-state index in [1.54, 1.807) is 29.7 Å². The number of carbonyl (C=O) groups is 2. The molecular weight excluding hydrogens is 540 g/mol. The Hall–Kier alpha value is -4.50. The molecule has 41 heavy (non-hydrogen) atoms. The first kappa shape index (κ1) is 26.7. The number of aromatic nitrogens is 4. The number of Topliss-reactive ketones (excluding diaryl/α,β-unsaturated/α-hetero) is 1. The monoisotopic (exact) mass is 568 g/mol. The number of aryl methyl sites for hydroxylation is 1. The zero-order chi connectivity index (χ0) is 28.5. The predicted octanol–water partition coefficient (Wildman–Crippen LogP) is 4.23. The van der Waals surface area contributed by atoms with E-state index in [0.717, 1.165) is 29.9 Å². The summed E-state index contributed by atoms with van der Waals surface area (Å²) in [6.45, 7) is 4.57. The first-order valence-corrected chi connectivity index (χ1v) is 14.0. The van der Waals surface area contributed by atoms with Gasteiger partial charge in [0.2, 0.25) is 11.7 Å². The van der Waals surface area contributed by atoms with E-state index in [4.69, 9.17) is 11.6 Å². The first-order valence-electron chi connectivity index (χ1n) is 13.6. The van der Waals surface area contributed by atoms with Crippen LogP contribution in [0.2, 0.25) is 5.02 Å². The van der Waals surface area contributed by atoms with Crippen molar-refractivity contribution in [3.05, 3.63) is 105 Å². The Morgan fingerprint density at radius 2 is 1.59 bits per heavy atom. The average molecular weight is 569 g/mol. The van der Waals surface area contributed by atoms with Gasteiger partial charge in [-0.05, 0) is 61.0 Å². The van der Waals surface area contributed by atoms with Crippen molar-refractivity contribution >= 4 is 45.7 Å². The summed E-state index contributed by atoms with van der Waals surface area (Å²) >= 11 is 6.05. The third-order valence-corrected chi connectivity index (χ3v) is 7.91. The lowest BCUT2D eigenvalue weighted by molar-refractivity contribution is -0.131. The number of benzene rings is 3. The fourth-order valence-electron chi connectivity index (χ4n) is 5.39. The second-order valence-corrected chi connectivity index (χ2v) is 10.7. The Bertz CT molecular complexity index is 1800. The smallest absolute Gasteiger partial charge is 0.263 e. The number of nitrogens with zero attached hydrogens (tertiary/aromatic N) is 6. The summed E-state index contributed by atoms with van der Waals surface area (Å²) in [5, 5.41) is 10.0. The van der Waals surface area contributed by atoms with E-state index in [0.29, 0.717) is 60.1 Å². The molecule has 3 heterocycles. The average Bonchev–Trinajstić information content (AvgIpc) is 3.43. The number of hydrogen-bond acceptors (Lipinski definition) is 6. The van der Waals surface area contributed by atoms with Crippen LogP contribution in [0.3, 0.4) is 0 Å². The minimum Gasteiger partial charge on any atom is -0.368 e. The minimum absolute atomic E-state index is 0.0465. The lowest BCUT2D eigenvalue weighted by Crippen LogP contribution is -2.48. The van der Waals surface area contributed by atoms with Crippen LogP contribution in [0.15, 0.2) is 77.6 Å². The SMILES string of the molecule is CC(=O)c1ccc(N2CCN(C(=O)CCc3nnc4n(Cc5ccc(Cl)cc5)c(=O)c5ccccc5n34)CC2)cc1. The Morgan fingerprint density at radius 1 is 0.878 bits per heavy atom. The molecule has 0 saturated carbocycles. The maximum absolute atomic E-state index is 13.4. The highest BCUT2D eigenvalue weighted by Crippen LogP contribution is 2.20. The molecule has 1 aliphatic rings. The molecule has 0 radical (unpaired) electrons. The first-order chi connectivity index (χ1) is 19.9. The number of halogens is 1. The standard InChI is InChI=1S/C31H29ClN6O3/c1-21(39)23-8-12-25(13-9-23)35-16-18-36(19-17-35)29(40)15-14-28-33-34-31-37(20-22-6-10-24(32)11-7-22)30(41)26-4-2-3-5-27(26)38(28)31/h2-13H,14-20H2,1H3. The van der Waals surface area contributed by atoms with Crippen LogP contribution < -0.4 is 10.5 Å². The molecule has 0 unspecified atom stereocenters. The van der Waals surface area contributed by atoms with Gasteiger partial charge in [-0.15, -0.1) is 10.2 Å². The highest BCUT2D eigenvalue weighted by Gasteiger charge is 2.23. The quantitative estimate of drug-likeness (QED) is 0.273. The van der Waals surface area contributed by atoms with E-state index in [1.165, 1.54) is 0 Å². The number of hydrogen-bond donors (Lipinski definition) is 0. The molecule has 208 valence electrons. The normalized spacial score (nSPS) is 13.7. The number of fused-ring (bicyclic) bond motifs is 3. The fraction of sp³-hybridized carbons (Fsp3) is 0.258. The summed E-state index contributed by atoms with van der Waals surface area (Å²) in [6.07, 6.45) is 0.689. The molecule has 3 aromatic carbocycles. The summed E-state index contributed by atoms with van der Waals surface area (Å²) in [6, 6.07) is 22.4. The molecule has 2 aromatic heterocycles. The van der Waals surface area contributed by atoms with Gasteiger partial charge in [-0.2, -0.15) is 0 Å². The van der Waals surface area contributed by atoms with Gasteiger partial charge in [0.25, 0.3) is 5.56 Å². The Labute approximate surface area is 241 Å². The van der Waals surface area contributed by atoms with Crippen LogP contribution in [0.4, 0.5) is 5.69 Å². The summed E-state index contributed by atoms with van der Waals surface area (Å²) in [5.74, 6) is 1.19. The van der Waals surface area contributed by atoms with Gasteiger partial charge in [-0.25, -0.2) is 0 Å². The number of piperazine rings is 1. The van der Waals surface area contributed by atoms with Crippen LogP contribution >= 0.6 is 11.6 Å². The van der Waals surface area contributed by atoms with E-state index in [1.807, 2.05) is 63.9 Å². The zero-order valence-corrected chi connectivity index (χ0v) is 23.4. The molecule has 0 bridgehead atoms. The Kier molecular flexibility index (Phi) is 7.28. The van der Waals surface area contributed by atoms with E-state index in [9.17, 15) is 14.4 Å². The number of carbonyl (C=O) groups excluding carboxylic acids is 2. The molecule has 1 fully saturated rings. The second kappa shape index (κ2) is 11.2. The van der Waals surface area contributed by atoms with Crippen molar-refractivity contribution in [2.75, 3.05) is 31.1 Å². The van der Waals surface area contributed by atoms with E-state index in [-0.39, 0.29) is 17.2 Å². The van der Waals surface area contributed by atoms with E-state index in [2.05, 4.69) is 15.1 Å². The van der Waals surface area contributed by atoms with Crippen LogP contribution in [0.1, 0.15) is 35.1 Å². The van der Waals surface area contributed by atoms with Crippen molar-refractivity contribution in [1.82, 2.24) is 24.1 Å². The van der Waals surface area contributed by atoms with E-state index < -0.39 is 0 Å². The molecule has 6 rings (SSSR count). The number of anilines is 1. The van der Waals surface area contributed by atoms with Crippen molar-refractivity contribution in [1.29, 1.82) is 0 Å². The maximum atomic E-state index is 13.4. The molecule has 0 spiro atoms. The summed E-state index contributed by atoms with van der Waals surface area (Å²) in [7, 11) is 0. The Balaban J connectivity index is 1.19. The molecule has 0 aliphatic carbocycles. The van der Waals surface area contributed by atoms with Crippen LogP contribution in [-0.2, 0) is 17.8 Å². The topological polar surface area (TPSA) is 92.8 Å². The van der Waals surface area contributed by atoms with Gasteiger partial charge in [0, 0.05) is 55.3 Å². The number of ketones is 1. The predicted molar refractivity (Wildman–Crippen MR) is 159 cm³/mol. The minimum atomic E-state index is -0.146. The molecule has 1 saturated heterocycles. The lowest BCUT2D eigenvalue weighted by Gasteiger charge is -2.36. The number of rotatable bonds is 7. The zero-order valence-electron chi connectivity index (χ0n) is 22.7. The van der Waals surface area contributed by atoms with Gasteiger partial charge in [0.15, 0.2) is 5.78 Å². The largest absolute Gasteiger partial charge is 0.368 e. The summed E-state index contributed by atoms with van der Waals surface area (Å²) in [5.41, 5.74) is 3.23. The lowest BCUT2D eigenvalue weighted by atomic mass is 10.1. The molecule has 9 nitrogen and oxygen atoms in total. The number of amides is 1. The van der Waals surface area contributed by atoms with Crippen molar-refractivity contribution in [2.45, 2.75) is 26.3 Å². The second-order valence-electron chi connectivity index (χ2n) is 10.3. The molecule has 0 atom stereocenters. The van der Waals surface area contributed by atoms with Crippen molar-refractivity contribution in [3.8, 4) is 0 Å². The van der Waals surface area contributed by atoms with Gasteiger partial charge in [-0.1, -0.05) is 35.9 Å². The van der Waals surface area contributed by atoms with Gasteiger partial charge < -0.3 is 9.80 Å². The third-order valence-electron chi connectivity index (χ3n) is 7.66. The summed E-state index contributed by atoms with van der Waals surface area (Å²) in [4.78, 5) is 42.3. The Morgan fingerprint density at radius 3 is 2.29 bits per heavy atom. The van der Waals surface area contributed by atoms with Gasteiger partial charge in [0.05, 0.1) is 17.4 Å². The molecule has 5 aromatic rings. The van der Waals surface area contributed by atoms with E-state index >= 15 is 0 Å². The summed E-state index contributed by atoms with van der Waals surface area (Å²) < 4.78 is 3.51. The van der Waals surface area contributed by atoms with Gasteiger partial charge >= 0.3 is 0 Å². The van der Waals surface area contributed by atoms with Crippen molar-refractivity contribution < 1.29 is 9.59 Å². The van der Waals surface area contributed by atoms with Crippen LogP contribution in [0, 0.1) is 0 Å². The van der Waals surface area contributed by atoms with Crippen LogP contribution in [0.25, 0.3) is 16.7 Å². The molecular formula is C31H29ClN6O3. The molecule has 0 N–H and O–H groups in total. The number of para-hydroxylation sites is 1. The third kappa shape index (κ3) is 5.32. The van der Waals surface area contributed by atoms with Gasteiger partial charge in [0.1, 0.15) is 5.82 Å².